The zero-order valence-electron chi connectivity index (χ0n) is 33.8. The molecular formula is C42H60O15. The summed E-state index contributed by atoms with van der Waals surface area (Å²) in [5.74, 6) is 0.472. The van der Waals surface area contributed by atoms with Crippen LogP contribution in [0.5, 0.6) is 11.5 Å². The Bertz CT molecular complexity index is 1560. The fourth-order valence-electron chi connectivity index (χ4n) is 4.58. The summed E-state index contributed by atoms with van der Waals surface area (Å²) in [6, 6.07) is 20.2. The number of aliphatic hydroxyl groups excluding tert-OH is 3. The van der Waals surface area contributed by atoms with E-state index in [0.717, 1.165) is 5.56 Å². The van der Waals surface area contributed by atoms with Gasteiger partial charge in [-0.1, -0.05) is 24.3 Å². The molecule has 3 aromatic carbocycles. The molecule has 0 amide bonds. The van der Waals surface area contributed by atoms with Gasteiger partial charge in [-0.25, -0.2) is 4.89 Å². The number of ether oxygens (including phenoxy) is 5. The molecule has 0 heterocycles. The van der Waals surface area contributed by atoms with Gasteiger partial charge in [0.05, 0.1) is 59.5 Å². The third-order valence-electron chi connectivity index (χ3n) is 7.61. The van der Waals surface area contributed by atoms with Gasteiger partial charge in [0, 0.05) is 16.7 Å². The molecule has 0 aromatic heterocycles. The van der Waals surface area contributed by atoms with Gasteiger partial charge in [0.25, 0.3) is 0 Å². The molecule has 0 saturated heterocycles. The number of carbonyl (C=O) groups is 3. The topological polar surface area (TPSA) is 228 Å². The number of Topliss-reactive ketones (excluding diaryl/α,β-unsaturated/α-hetero) is 3. The quantitative estimate of drug-likeness (QED) is 0.0328. The van der Waals surface area contributed by atoms with E-state index < -0.39 is 16.8 Å². The van der Waals surface area contributed by atoms with E-state index in [1.807, 2.05) is 0 Å². The third kappa shape index (κ3) is 20.7. The van der Waals surface area contributed by atoms with Crippen molar-refractivity contribution >= 4 is 17.3 Å². The van der Waals surface area contributed by atoms with Crippen molar-refractivity contribution in [2.24, 2.45) is 0 Å². The lowest BCUT2D eigenvalue weighted by Gasteiger charge is -2.23. The molecule has 0 unspecified atom stereocenters. The van der Waals surface area contributed by atoms with Crippen LogP contribution >= 0.6 is 0 Å². The van der Waals surface area contributed by atoms with E-state index in [1.54, 1.807) is 86.6 Å². The fourth-order valence-corrected chi connectivity index (χ4v) is 4.58. The van der Waals surface area contributed by atoms with Crippen molar-refractivity contribution < 1.29 is 73.7 Å². The average Bonchev–Trinajstić information content (AvgIpc) is 3.19. The molecular weight excluding hydrogens is 744 g/mol. The van der Waals surface area contributed by atoms with Crippen LogP contribution < -0.4 is 9.47 Å². The lowest BCUT2D eigenvalue weighted by atomic mass is 9.96. The Morgan fingerprint density at radius 2 is 0.860 bits per heavy atom. The van der Waals surface area contributed by atoms with Gasteiger partial charge in [-0.3, -0.25) is 19.6 Å². The summed E-state index contributed by atoms with van der Waals surface area (Å²) in [7, 11) is 0. The summed E-state index contributed by atoms with van der Waals surface area (Å²) in [6.07, 6.45) is 0.577. The molecule has 6 N–H and O–H groups in total. The largest absolute Gasteiger partial charge is 0.491 e. The smallest absolute Gasteiger partial charge is 0.194 e. The van der Waals surface area contributed by atoms with Crippen molar-refractivity contribution in [1.29, 1.82) is 0 Å². The van der Waals surface area contributed by atoms with Crippen molar-refractivity contribution in [3.05, 3.63) is 95.1 Å². The zero-order valence-corrected chi connectivity index (χ0v) is 33.8. The Morgan fingerprint density at radius 3 is 1.21 bits per heavy atom. The lowest BCUT2D eigenvalue weighted by Crippen LogP contribution is -2.36. The SMILES string of the molecule is CC(C)(O)C(=O)c1ccc(CCOO)cc1.CC(C)(O)C(=O)c1ccc(OCCOCCO)cc1.CC(C)(OCCO)C(=O)c1ccc(OCCOCCO)cc1. The first kappa shape index (κ1) is 50.9. The van der Waals surface area contributed by atoms with Gasteiger partial charge in [-0.2, -0.15) is 0 Å². The number of hydrogen-bond acceptors (Lipinski definition) is 15. The molecule has 0 aliphatic rings. The van der Waals surface area contributed by atoms with Crippen molar-refractivity contribution in [3.8, 4) is 11.5 Å². The summed E-state index contributed by atoms with van der Waals surface area (Å²) < 4.78 is 26.3. The van der Waals surface area contributed by atoms with Crippen LogP contribution in [0.2, 0.25) is 0 Å². The highest BCUT2D eigenvalue weighted by Crippen LogP contribution is 2.20. The second-order valence-electron chi connectivity index (χ2n) is 13.9. The van der Waals surface area contributed by atoms with Gasteiger partial charge in [-0.15, -0.1) is 0 Å². The van der Waals surface area contributed by atoms with Crippen LogP contribution in [0.1, 0.15) is 78.2 Å². The number of carbonyl (C=O) groups excluding carboxylic acids is 3. The monoisotopic (exact) mass is 804 g/mol. The van der Waals surface area contributed by atoms with Crippen LogP contribution in [0, 0.1) is 0 Å². The second-order valence-corrected chi connectivity index (χ2v) is 13.9. The second kappa shape index (κ2) is 26.7. The molecule has 15 heteroatoms. The number of aliphatic hydroxyl groups is 5. The van der Waals surface area contributed by atoms with Crippen LogP contribution in [0.4, 0.5) is 0 Å². The minimum Gasteiger partial charge on any atom is -0.491 e. The molecule has 0 aliphatic heterocycles. The van der Waals surface area contributed by atoms with Gasteiger partial charge < -0.3 is 49.2 Å². The Morgan fingerprint density at radius 1 is 0.491 bits per heavy atom. The van der Waals surface area contributed by atoms with Crippen molar-refractivity contribution in [3.63, 3.8) is 0 Å². The van der Waals surface area contributed by atoms with Gasteiger partial charge in [0.15, 0.2) is 17.3 Å². The number of rotatable bonds is 24. The van der Waals surface area contributed by atoms with E-state index >= 15 is 0 Å². The summed E-state index contributed by atoms with van der Waals surface area (Å²) in [5, 5.41) is 53.2. The van der Waals surface area contributed by atoms with Crippen LogP contribution in [0.15, 0.2) is 72.8 Å². The van der Waals surface area contributed by atoms with E-state index in [2.05, 4.69) is 4.89 Å². The first-order valence-electron chi connectivity index (χ1n) is 18.4. The zero-order chi connectivity index (χ0) is 42.9. The molecule has 3 aromatic rings. The number of ketones is 3. The molecule has 0 spiro atoms. The molecule has 318 valence electrons. The Kier molecular flexibility index (Phi) is 23.9. The maximum absolute atomic E-state index is 12.3. The van der Waals surface area contributed by atoms with E-state index in [9.17, 15) is 24.6 Å². The molecule has 0 radical (unpaired) electrons. The highest BCUT2D eigenvalue weighted by atomic mass is 17.1. The third-order valence-corrected chi connectivity index (χ3v) is 7.61. The van der Waals surface area contributed by atoms with Gasteiger partial charge in [-0.05, 0) is 102 Å². The van der Waals surface area contributed by atoms with E-state index in [4.69, 9.17) is 44.3 Å². The van der Waals surface area contributed by atoms with Crippen LogP contribution in [-0.4, -0.2) is 138 Å². The molecule has 0 aliphatic carbocycles. The molecule has 0 atom stereocenters. The maximum atomic E-state index is 12.3. The van der Waals surface area contributed by atoms with Crippen molar-refractivity contribution in [1.82, 2.24) is 0 Å². The van der Waals surface area contributed by atoms with Crippen molar-refractivity contribution in [2.45, 2.75) is 64.8 Å². The highest BCUT2D eigenvalue weighted by molar-refractivity contribution is 6.03. The first-order chi connectivity index (χ1) is 26.9. The first-order valence-corrected chi connectivity index (χ1v) is 18.4. The van der Waals surface area contributed by atoms with Gasteiger partial charge >= 0.3 is 0 Å². The number of benzene rings is 3. The molecule has 15 nitrogen and oxygen atoms in total. The molecule has 0 bridgehead atoms. The van der Waals surface area contributed by atoms with Crippen molar-refractivity contribution in [2.75, 3.05) is 72.7 Å². The predicted octanol–water partition coefficient (Wildman–Crippen LogP) is 3.74. The van der Waals surface area contributed by atoms with Gasteiger partial charge in [0.2, 0.25) is 0 Å². The number of hydrogen-bond donors (Lipinski definition) is 6. The normalized spacial score (nSPS) is 11.4. The van der Waals surface area contributed by atoms with Gasteiger partial charge in [0.1, 0.15) is 41.5 Å². The van der Waals surface area contributed by atoms with E-state index in [1.165, 1.54) is 27.7 Å². The average molecular weight is 805 g/mol. The molecule has 57 heavy (non-hydrogen) atoms. The Hall–Kier alpha value is -4.13. The van der Waals surface area contributed by atoms with Crippen LogP contribution in [0.3, 0.4) is 0 Å². The summed E-state index contributed by atoms with van der Waals surface area (Å²) in [6.45, 7) is 11.5. The van der Waals surface area contributed by atoms with Crippen LogP contribution in [-0.2, 0) is 25.5 Å². The summed E-state index contributed by atoms with van der Waals surface area (Å²) in [4.78, 5) is 39.7. The lowest BCUT2D eigenvalue weighted by molar-refractivity contribution is -0.241. The van der Waals surface area contributed by atoms with E-state index in [-0.39, 0.29) is 50.4 Å². The highest BCUT2D eigenvalue weighted by Gasteiger charge is 2.29. The Labute approximate surface area is 334 Å². The van der Waals surface area contributed by atoms with E-state index in [0.29, 0.717) is 74.3 Å². The minimum absolute atomic E-state index is 0.00620. The molecule has 0 fully saturated rings. The molecule has 0 saturated carbocycles. The summed E-state index contributed by atoms with van der Waals surface area (Å²) >= 11 is 0. The fraction of sp³-hybridized carbons (Fsp3) is 0.500. The maximum Gasteiger partial charge on any atom is 0.194 e. The minimum atomic E-state index is -1.37. The summed E-state index contributed by atoms with van der Waals surface area (Å²) in [5.41, 5.74) is -1.31. The Balaban J connectivity index is 0.000000433. The standard InChI is InChI=1S/C16H24O6.C14H20O5.C12H16O4/c1-16(2,22-10-8-18)15(19)13-3-5-14(6-4-13)21-12-11-20-9-7-17;1-14(2,17)13(16)11-3-5-12(6-4-11)19-10-9-18-8-7-15;1-12(2,14)11(13)10-5-3-9(4-6-10)7-8-16-15/h3-6,17-18H,7-12H2,1-2H3;3-6,15,17H,7-10H2,1-2H3;3-6,14-15H,7-8H2,1-2H3. The van der Waals surface area contributed by atoms with Crippen LogP contribution in [0.25, 0.3) is 0 Å². The predicted molar refractivity (Wildman–Crippen MR) is 211 cm³/mol. The molecule has 3 rings (SSSR count).